The molecule has 4 aromatic heterocycles. The van der Waals surface area contributed by atoms with Gasteiger partial charge in [0, 0.05) is 0 Å². The quantitative estimate of drug-likeness (QED) is 0.137. The zero-order chi connectivity index (χ0) is 30.9. The van der Waals surface area contributed by atoms with Crippen LogP contribution in [0.25, 0.3) is 22.3 Å². The highest BCUT2D eigenvalue weighted by atomic mass is 35.5. The summed E-state index contributed by atoms with van der Waals surface area (Å²) in [5.41, 5.74) is 18.8. The van der Waals surface area contributed by atoms with E-state index in [-0.39, 0.29) is 35.6 Å². The van der Waals surface area contributed by atoms with Crippen molar-refractivity contribution in [2.75, 3.05) is 49.4 Å². The van der Waals surface area contributed by atoms with Crippen molar-refractivity contribution in [1.29, 1.82) is 0 Å². The van der Waals surface area contributed by atoms with Crippen LogP contribution in [0.2, 0.25) is 5.15 Å². The normalized spacial score (nSPS) is 23.8. The molecular weight excluding hydrogens is 632 g/mol. The molecule has 6 rings (SSSR count). The van der Waals surface area contributed by atoms with E-state index in [1.54, 1.807) is 22.1 Å². The summed E-state index contributed by atoms with van der Waals surface area (Å²) in [6.45, 7) is 3.08. The van der Waals surface area contributed by atoms with Gasteiger partial charge in [-0.25, -0.2) is 9.97 Å². The number of fused-ring (bicyclic) bond motifs is 2. The lowest BCUT2D eigenvalue weighted by molar-refractivity contribution is -0.197. The number of hydrogen-bond donors (Lipinski definition) is 4. The third kappa shape index (κ3) is 7.89. The Morgan fingerprint density at radius 1 is 0.977 bits per heavy atom. The summed E-state index contributed by atoms with van der Waals surface area (Å²) in [5, 5.41) is 0.223. The molecule has 2 saturated heterocycles. The van der Waals surface area contributed by atoms with E-state index in [9.17, 15) is 14.0 Å². The highest BCUT2D eigenvalue weighted by Gasteiger charge is 2.32. The maximum absolute atomic E-state index is 11.2. The Bertz CT molecular complexity index is 1680. The minimum atomic E-state index is -4.44. The van der Waals surface area contributed by atoms with Crippen LogP contribution < -0.4 is 22.1 Å². The predicted molar refractivity (Wildman–Crippen MR) is 151 cm³/mol. The molecule has 0 radical (unpaired) electrons. The number of aromatic nitrogens is 8. The lowest BCUT2D eigenvalue weighted by Crippen LogP contribution is -2.22. The number of halogens is 1. The Kier molecular flexibility index (Phi) is 9.36. The van der Waals surface area contributed by atoms with Crippen molar-refractivity contribution >= 4 is 67.0 Å². The number of rotatable bonds is 8. The second kappa shape index (κ2) is 12.9. The summed E-state index contributed by atoms with van der Waals surface area (Å²) in [7, 11) is -5.73. The first-order valence-electron chi connectivity index (χ1n) is 12.7. The molecular formula is C21H28ClN11O8P2. The molecule has 232 valence electrons. The van der Waals surface area contributed by atoms with Crippen molar-refractivity contribution in [1.82, 2.24) is 39.0 Å². The molecule has 22 heteroatoms. The fourth-order valence-electron chi connectivity index (χ4n) is 4.41. The molecule has 0 amide bonds. The molecule has 6 atom stereocenters. The molecule has 0 aromatic carbocycles. The van der Waals surface area contributed by atoms with Crippen LogP contribution >= 0.6 is 27.0 Å². The highest BCUT2D eigenvalue weighted by molar-refractivity contribution is 7.50. The molecule has 0 bridgehead atoms. The monoisotopic (exact) mass is 659 g/mol. The summed E-state index contributed by atoms with van der Waals surface area (Å²) in [5.74, 6) is 0.301. The molecule has 7 N–H and O–H groups in total. The molecule has 2 aliphatic rings. The van der Waals surface area contributed by atoms with Crippen molar-refractivity contribution in [3.8, 4) is 0 Å². The minimum absolute atomic E-state index is 0.0285. The van der Waals surface area contributed by atoms with Gasteiger partial charge in [0.15, 0.2) is 34.7 Å². The molecule has 2 aliphatic heterocycles. The highest BCUT2D eigenvalue weighted by Crippen LogP contribution is 2.33. The second-order valence-corrected chi connectivity index (χ2v) is 13.3. The van der Waals surface area contributed by atoms with Crippen LogP contribution in [0, 0.1) is 0 Å². The number of nitrogens with zero attached hydrogens (tertiary/aromatic N) is 8. The molecule has 0 spiro atoms. The SMILES string of the molecule is C[P+](=O)CC1OCC(Cn2cnc3c(Cl)nc(N)nc32)O1.Nc1nc(N)c2ncn(CC3COC(CP(=O)([O-])O)O3)c2n1. The summed E-state index contributed by atoms with van der Waals surface area (Å²) in [6, 6.07) is 0. The Hall–Kier alpha value is -3.12. The molecule has 0 saturated carbocycles. The van der Waals surface area contributed by atoms with Crippen molar-refractivity contribution in [3.63, 3.8) is 0 Å². The van der Waals surface area contributed by atoms with E-state index in [0.717, 1.165) is 0 Å². The van der Waals surface area contributed by atoms with Crippen LogP contribution in [0.5, 0.6) is 0 Å². The number of nitrogen functional groups attached to an aromatic ring is 3. The van der Waals surface area contributed by atoms with Gasteiger partial charge in [-0.1, -0.05) is 16.2 Å². The summed E-state index contributed by atoms with van der Waals surface area (Å²) in [6.07, 6.45) is 0.967. The summed E-state index contributed by atoms with van der Waals surface area (Å²) < 4.78 is 47.2. The van der Waals surface area contributed by atoms with Crippen molar-refractivity contribution < 1.29 is 37.9 Å². The van der Waals surface area contributed by atoms with Crippen molar-refractivity contribution in [2.45, 2.75) is 37.9 Å². The predicted octanol–water partition coefficient (Wildman–Crippen LogP) is -0.461. The molecule has 6 heterocycles. The van der Waals surface area contributed by atoms with Crippen LogP contribution in [0.15, 0.2) is 12.7 Å². The molecule has 4 aromatic rings. The van der Waals surface area contributed by atoms with Gasteiger partial charge in [0.25, 0.3) is 0 Å². The van der Waals surface area contributed by atoms with Crippen molar-refractivity contribution in [2.24, 2.45) is 0 Å². The molecule has 43 heavy (non-hydrogen) atoms. The van der Waals surface area contributed by atoms with Crippen LogP contribution in [-0.4, -0.2) is 101 Å². The van der Waals surface area contributed by atoms with Gasteiger partial charge in [-0.2, -0.15) is 19.9 Å². The Morgan fingerprint density at radius 2 is 1.51 bits per heavy atom. The number of ether oxygens (including phenoxy) is 4. The van der Waals surface area contributed by atoms with Gasteiger partial charge in [0.05, 0.1) is 45.1 Å². The van der Waals surface area contributed by atoms with Gasteiger partial charge in [0.2, 0.25) is 18.2 Å². The van der Waals surface area contributed by atoms with E-state index >= 15 is 0 Å². The Morgan fingerprint density at radius 3 is 2.12 bits per heavy atom. The average molecular weight is 660 g/mol. The minimum Gasteiger partial charge on any atom is -0.778 e. The third-order valence-electron chi connectivity index (χ3n) is 6.16. The van der Waals surface area contributed by atoms with E-state index in [4.69, 9.17) is 52.6 Å². The first kappa shape index (κ1) is 31.3. The molecule has 19 nitrogen and oxygen atoms in total. The molecule has 6 unspecified atom stereocenters. The number of hydrogen-bond acceptors (Lipinski definition) is 16. The number of imidazole rings is 2. The summed E-state index contributed by atoms with van der Waals surface area (Å²) >= 11 is 5.98. The fraction of sp³-hybridized carbons (Fsp3) is 0.524. The third-order valence-corrected chi connectivity index (χ3v) is 7.99. The van der Waals surface area contributed by atoms with Crippen LogP contribution in [0.4, 0.5) is 17.7 Å². The van der Waals surface area contributed by atoms with Gasteiger partial charge in [0.1, 0.15) is 37.5 Å². The first-order valence-corrected chi connectivity index (χ1v) is 16.7. The zero-order valence-electron chi connectivity index (χ0n) is 22.6. The Balaban J connectivity index is 0.000000171. The average Bonchev–Trinajstić information content (AvgIpc) is 3.68. The van der Waals surface area contributed by atoms with Gasteiger partial charge in [-0.05, 0) is 0 Å². The van der Waals surface area contributed by atoms with E-state index in [0.29, 0.717) is 48.2 Å². The Labute approximate surface area is 249 Å². The maximum atomic E-state index is 11.2. The van der Waals surface area contributed by atoms with Crippen LogP contribution in [-0.2, 0) is 41.2 Å². The van der Waals surface area contributed by atoms with E-state index in [2.05, 4.69) is 29.9 Å². The fourth-order valence-corrected chi connectivity index (χ4v) is 5.81. The van der Waals surface area contributed by atoms with Gasteiger partial charge in [-0.15, -0.1) is 0 Å². The van der Waals surface area contributed by atoms with Crippen LogP contribution in [0.3, 0.4) is 0 Å². The lowest BCUT2D eigenvalue weighted by atomic mass is 10.4. The van der Waals surface area contributed by atoms with E-state index < -0.39 is 40.2 Å². The van der Waals surface area contributed by atoms with Gasteiger partial charge >= 0.3 is 7.80 Å². The summed E-state index contributed by atoms with van der Waals surface area (Å²) in [4.78, 5) is 43.8. The standard InChI is InChI=1S/C11H14ClN5O3P.C10H15N6O5P/c1-21(18)4-7-19-3-6(20-7)2-17-5-14-8-9(12)15-11(13)16-10(8)17;11-8-7-9(15-10(12)14-8)16(4-13-7)1-5-2-20-6(21-5)3-22(17,18)19/h5-7H,2-4H2,1H3,(H2,13,15,16);4-6H,1-3H2,(H2,17,18,19)(H4,11,12,14,15)/q+1;/p-1. The topological polar surface area (TPSA) is 280 Å². The second-order valence-electron chi connectivity index (χ2n) is 9.65. The van der Waals surface area contributed by atoms with E-state index in [1.165, 1.54) is 6.33 Å². The first-order chi connectivity index (χ1) is 20.3. The van der Waals surface area contributed by atoms with E-state index in [1.807, 2.05) is 0 Å². The lowest BCUT2D eigenvalue weighted by Gasteiger charge is -2.19. The molecule has 0 aliphatic carbocycles. The van der Waals surface area contributed by atoms with Gasteiger partial charge in [-0.3, -0.25) is 0 Å². The largest absolute Gasteiger partial charge is 0.778 e. The zero-order valence-corrected chi connectivity index (χ0v) is 25.1. The number of anilines is 3. The molecule has 2 fully saturated rings. The maximum Gasteiger partial charge on any atom is 0.340 e. The van der Waals surface area contributed by atoms with Crippen molar-refractivity contribution in [3.05, 3.63) is 17.8 Å². The smallest absolute Gasteiger partial charge is 0.340 e. The number of nitrogens with two attached hydrogens (primary N) is 3. The van der Waals surface area contributed by atoms with Crippen LogP contribution in [0.1, 0.15) is 0 Å². The van der Waals surface area contributed by atoms with Gasteiger partial charge < -0.3 is 59.6 Å².